The Kier molecular flexibility index (Phi) is 7.67. The van der Waals surface area contributed by atoms with Crippen LogP contribution in [0.1, 0.15) is 82.3 Å². The molecule has 2 heterocycles. The van der Waals surface area contributed by atoms with Gasteiger partial charge in [-0.2, -0.15) is 0 Å². The van der Waals surface area contributed by atoms with Gasteiger partial charge in [0.2, 0.25) is 11.8 Å². The van der Waals surface area contributed by atoms with Crippen LogP contribution in [0, 0.1) is 11.2 Å². The van der Waals surface area contributed by atoms with E-state index in [1.165, 1.54) is 19.1 Å². The van der Waals surface area contributed by atoms with Gasteiger partial charge in [-0.15, -0.1) is 0 Å². The SMILES string of the molecule is CC(=O)N[C@@H](Cc1cccc(F)c1)[C@@H](O)CN[C@H]1CC2(CCC2)Oc2ncc([C@H](F)C(C)(C)C)cc21. The molecule has 4 rings (SSSR count). The summed E-state index contributed by atoms with van der Waals surface area (Å²) in [4.78, 5) is 16.3. The van der Waals surface area contributed by atoms with E-state index in [0.29, 0.717) is 23.4 Å². The Labute approximate surface area is 211 Å². The number of carbonyl (C=O) groups is 1. The van der Waals surface area contributed by atoms with Gasteiger partial charge < -0.3 is 20.5 Å². The lowest BCUT2D eigenvalue weighted by Crippen LogP contribution is -2.52. The van der Waals surface area contributed by atoms with Crippen LogP contribution < -0.4 is 15.4 Å². The van der Waals surface area contributed by atoms with E-state index < -0.39 is 23.7 Å². The fourth-order valence-corrected chi connectivity index (χ4v) is 5.12. The molecule has 1 amide bonds. The molecular weight excluding hydrogens is 464 g/mol. The highest BCUT2D eigenvalue weighted by Crippen LogP contribution is 2.49. The molecule has 1 aliphatic heterocycles. The van der Waals surface area contributed by atoms with Crippen LogP contribution >= 0.6 is 0 Å². The molecule has 1 aliphatic carbocycles. The van der Waals surface area contributed by atoms with Gasteiger partial charge in [0.05, 0.1) is 12.1 Å². The van der Waals surface area contributed by atoms with Crippen molar-refractivity contribution in [2.75, 3.05) is 6.54 Å². The zero-order chi connectivity index (χ0) is 26.1. The van der Waals surface area contributed by atoms with E-state index >= 15 is 4.39 Å². The number of carbonyl (C=O) groups excluding carboxylic acids is 1. The van der Waals surface area contributed by atoms with Gasteiger partial charge in [0, 0.05) is 43.3 Å². The van der Waals surface area contributed by atoms with Crippen molar-refractivity contribution in [3.8, 4) is 5.88 Å². The molecule has 1 aromatic carbocycles. The Hall–Kier alpha value is -2.58. The van der Waals surface area contributed by atoms with Crippen LogP contribution in [-0.4, -0.2) is 40.3 Å². The lowest BCUT2D eigenvalue weighted by atomic mass is 9.73. The summed E-state index contributed by atoms with van der Waals surface area (Å²) in [5.41, 5.74) is 1.11. The van der Waals surface area contributed by atoms with E-state index in [1.807, 2.05) is 26.8 Å². The van der Waals surface area contributed by atoms with Crippen LogP contribution in [0.5, 0.6) is 5.88 Å². The summed E-state index contributed by atoms with van der Waals surface area (Å²) in [6, 6.07) is 7.17. The van der Waals surface area contributed by atoms with Crippen molar-refractivity contribution in [3.05, 3.63) is 59.0 Å². The first-order valence-corrected chi connectivity index (χ1v) is 12.7. The minimum atomic E-state index is -1.18. The number of alkyl halides is 1. The van der Waals surface area contributed by atoms with Gasteiger partial charge in [-0.25, -0.2) is 13.8 Å². The summed E-state index contributed by atoms with van der Waals surface area (Å²) in [7, 11) is 0. The number of fused-ring (bicyclic) bond motifs is 1. The Balaban J connectivity index is 1.53. The number of aliphatic hydroxyl groups excluding tert-OH is 1. The summed E-state index contributed by atoms with van der Waals surface area (Å²) in [6.45, 7) is 7.13. The molecule has 0 saturated heterocycles. The maximum Gasteiger partial charge on any atom is 0.218 e. The normalized spacial score (nSPS) is 21.0. The summed E-state index contributed by atoms with van der Waals surface area (Å²) in [5.74, 6) is -0.128. The van der Waals surface area contributed by atoms with Crippen LogP contribution in [0.2, 0.25) is 0 Å². The summed E-state index contributed by atoms with van der Waals surface area (Å²) in [6.07, 6.45) is 3.37. The maximum absolute atomic E-state index is 15.1. The minimum absolute atomic E-state index is 0.184. The van der Waals surface area contributed by atoms with Crippen molar-refractivity contribution in [1.82, 2.24) is 15.6 Å². The second kappa shape index (κ2) is 10.4. The second-order valence-electron chi connectivity index (χ2n) is 11.4. The van der Waals surface area contributed by atoms with Crippen molar-refractivity contribution >= 4 is 5.91 Å². The average Bonchev–Trinajstić information content (AvgIpc) is 2.79. The highest BCUT2D eigenvalue weighted by molar-refractivity contribution is 5.73. The number of benzene rings is 1. The molecule has 1 aromatic heterocycles. The lowest BCUT2D eigenvalue weighted by molar-refractivity contribution is -0.120. The number of halogens is 2. The zero-order valence-corrected chi connectivity index (χ0v) is 21.5. The number of hydrogen-bond donors (Lipinski definition) is 3. The fraction of sp³-hybridized carbons (Fsp3) is 0.571. The molecule has 0 bridgehead atoms. The first-order valence-electron chi connectivity index (χ1n) is 12.7. The molecule has 1 saturated carbocycles. The van der Waals surface area contributed by atoms with Gasteiger partial charge in [-0.3, -0.25) is 4.79 Å². The van der Waals surface area contributed by atoms with E-state index in [9.17, 15) is 14.3 Å². The molecule has 36 heavy (non-hydrogen) atoms. The average molecular weight is 502 g/mol. The number of nitrogens with zero attached hydrogens (tertiary/aromatic N) is 1. The van der Waals surface area contributed by atoms with Crippen molar-refractivity contribution in [1.29, 1.82) is 0 Å². The van der Waals surface area contributed by atoms with E-state index in [4.69, 9.17) is 4.74 Å². The molecule has 8 heteroatoms. The van der Waals surface area contributed by atoms with Crippen LogP contribution in [0.25, 0.3) is 0 Å². The Morgan fingerprint density at radius 3 is 2.67 bits per heavy atom. The number of pyridine rings is 1. The molecule has 3 N–H and O–H groups in total. The van der Waals surface area contributed by atoms with Gasteiger partial charge in [-0.05, 0) is 54.9 Å². The van der Waals surface area contributed by atoms with E-state index in [1.54, 1.807) is 18.3 Å². The number of ether oxygens (including phenoxy) is 1. The molecule has 196 valence electrons. The van der Waals surface area contributed by atoms with Gasteiger partial charge in [-0.1, -0.05) is 32.9 Å². The molecule has 0 radical (unpaired) electrons. The van der Waals surface area contributed by atoms with Gasteiger partial charge in [0.25, 0.3) is 0 Å². The number of aromatic nitrogens is 1. The summed E-state index contributed by atoms with van der Waals surface area (Å²) < 4.78 is 35.1. The van der Waals surface area contributed by atoms with Crippen LogP contribution in [-0.2, 0) is 11.2 Å². The molecule has 2 aromatic rings. The van der Waals surface area contributed by atoms with Crippen LogP contribution in [0.3, 0.4) is 0 Å². The first-order chi connectivity index (χ1) is 17.0. The predicted octanol–water partition coefficient (Wildman–Crippen LogP) is 4.72. The molecule has 1 fully saturated rings. The first kappa shape index (κ1) is 26.5. The smallest absolute Gasteiger partial charge is 0.218 e. The maximum atomic E-state index is 15.1. The van der Waals surface area contributed by atoms with Crippen molar-refractivity contribution in [2.24, 2.45) is 5.41 Å². The minimum Gasteiger partial charge on any atom is -0.471 e. The zero-order valence-electron chi connectivity index (χ0n) is 21.5. The standard InChI is InChI=1S/C28H37F2N3O3/c1-17(34)33-22(12-18-7-5-8-20(29)11-18)24(35)16-31-23-14-28(9-6-10-28)36-26-21(23)13-19(15-32-26)25(30)27(2,3)4/h5,7-8,11,13,15,22-25,31,35H,6,9-10,12,14,16H2,1-4H3,(H,33,34)/t22-,23-,24-,25-/m0/s1. The summed E-state index contributed by atoms with van der Waals surface area (Å²) >= 11 is 0. The number of hydrogen-bond acceptors (Lipinski definition) is 5. The van der Waals surface area contributed by atoms with Gasteiger partial charge in [0.15, 0.2) is 0 Å². The molecule has 1 spiro atoms. The van der Waals surface area contributed by atoms with E-state index in [2.05, 4.69) is 15.6 Å². The third-order valence-corrected chi connectivity index (χ3v) is 7.25. The monoisotopic (exact) mass is 501 g/mol. The highest BCUT2D eigenvalue weighted by Gasteiger charge is 2.46. The van der Waals surface area contributed by atoms with E-state index in [-0.39, 0.29) is 36.3 Å². The second-order valence-corrected chi connectivity index (χ2v) is 11.4. The Morgan fingerprint density at radius 2 is 2.06 bits per heavy atom. The number of nitrogens with one attached hydrogen (secondary N) is 2. The van der Waals surface area contributed by atoms with Gasteiger partial charge in [0.1, 0.15) is 17.6 Å². The Morgan fingerprint density at radius 1 is 1.31 bits per heavy atom. The third kappa shape index (κ3) is 6.03. The van der Waals surface area contributed by atoms with Crippen molar-refractivity contribution in [3.63, 3.8) is 0 Å². The quantitative estimate of drug-likeness (QED) is 0.488. The van der Waals surface area contributed by atoms with Crippen LogP contribution in [0.15, 0.2) is 36.5 Å². The predicted molar refractivity (Wildman–Crippen MR) is 134 cm³/mol. The van der Waals surface area contributed by atoms with Crippen LogP contribution in [0.4, 0.5) is 8.78 Å². The molecule has 4 atom stereocenters. The molecular formula is C28H37F2N3O3. The Bertz CT molecular complexity index is 1080. The number of amides is 1. The third-order valence-electron chi connectivity index (χ3n) is 7.25. The fourth-order valence-electron chi connectivity index (χ4n) is 5.12. The molecule has 0 unspecified atom stereocenters. The van der Waals surface area contributed by atoms with Crippen molar-refractivity contribution in [2.45, 2.75) is 89.8 Å². The largest absolute Gasteiger partial charge is 0.471 e. The van der Waals surface area contributed by atoms with Crippen molar-refractivity contribution < 1.29 is 23.4 Å². The van der Waals surface area contributed by atoms with Gasteiger partial charge >= 0.3 is 0 Å². The number of rotatable bonds is 8. The highest BCUT2D eigenvalue weighted by atomic mass is 19.1. The number of aliphatic hydroxyl groups is 1. The lowest BCUT2D eigenvalue weighted by Gasteiger charge is -2.47. The molecule has 2 aliphatic rings. The summed E-state index contributed by atoms with van der Waals surface area (Å²) in [5, 5.41) is 17.3. The van der Waals surface area contributed by atoms with E-state index in [0.717, 1.165) is 24.8 Å². The molecule has 6 nitrogen and oxygen atoms in total. The topological polar surface area (TPSA) is 83.5 Å².